The van der Waals surface area contributed by atoms with Crippen molar-refractivity contribution in [2.24, 2.45) is 10.9 Å². The molecular formula is C23H29N7O. The van der Waals surface area contributed by atoms with Crippen LogP contribution in [0.4, 0.5) is 11.4 Å². The Labute approximate surface area is 183 Å². The van der Waals surface area contributed by atoms with Crippen LogP contribution in [0.5, 0.6) is 0 Å². The fraction of sp³-hybridized carbons (Fsp3) is 0.391. The van der Waals surface area contributed by atoms with E-state index in [9.17, 15) is 4.79 Å². The number of nitrogens with two attached hydrogens (primary N) is 1. The van der Waals surface area contributed by atoms with Crippen molar-refractivity contribution in [3.05, 3.63) is 54.4 Å². The fourth-order valence-electron chi connectivity index (χ4n) is 3.78. The molecule has 8 nitrogen and oxygen atoms in total. The molecule has 2 heterocycles. The standard InChI is InChI=1S/C23H29N7O/c24-17-28-23(29-21-7-12-26-13-8-21)27-11-2-1-4-18-9-14-30(15-10-18)22(31)19-5-3-6-20(25)16-19/h3,5-8,12-13,16,18H,1-2,4,9-11,14-15,25H2,(H2,26,27,28,29). The largest absolute Gasteiger partial charge is 0.399 e. The van der Waals surface area contributed by atoms with Crippen LogP contribution < -0.4 is 16.4 Å². The van der Waals surface area contributed by atoms with Crippen molar-refractivity contribution in [3.63, 3.8) is 0 Å². The molecule has 1 aromatic heterocycles. The van der Waals surface area contributed by atoms with E-state index in [2.05, 4.69) is 20.6 Å². The van der Waals surface area contributed by atoms with E-state index in [0.29, 0.717) is 23.1 Å². The van der Waals surface area contributed by atoms with Crippen LogP contribution in [-0.2, 0) is 0 Å². The summed E-state index contributed by atoms with van der Waals surface area (Å²) in [6.07, 6.45) is 10.5. The summed E-state index contributed by atoms with van der Waals surface area (Å²) in [5.41, 5.74) is 7.91. The number of aromatic nitrogens is 1. The highest BCUT2D eigenvalue weighted by molar-refractivity contribution is 5.95. The lowest BCUT2D eigenvalue weighted by Gasteiger charge is -2.32. The van der Waals surface area contributed by atoms with E-state index < -0.39 is 0 Å². The van der Waals surface area contributed by atoms with E-state index in [-0.39, 0.29) is 5.91 Å². The first kappa shape index (κ1) is 22.1. The lowest BCUT2D eigenvalue weighted by atomic mass is 9.91. The van der Waals surface area contributed by atoms with Crippen LogP contribution in [0, 0.1) is 17.4 Å². The number of nitriles is 1. The molecule has 0 radical (unpaired) electrons. The highest BCUT2D eigenvalue weighted by Crippen LogP contribution is 2.24. The summed E-state index contributed by atoms with van der Waals surface area (Å²) in [4.78, 5) is 22.3. The molecule has 1 fully saturated rings. The van der Waals surface area contributed by atoms with Gasteiger partial charge < -0.3 is 21.3 Å². The van der Waals surface area contributed by atoms with E-state index in [1.165, 1.54) is 0 Å². The Hall–Kier alpha value is -3.60. The summed E-state index contributed by atoms with van der Waals surface area (Å²) in [6.45, 7) is 2.34. The first-order valence-corrected chi connectivity index (χ1v) is 10.7. The summed E-state index contributed by atoms with van der Waals surface area (Å²) in [7, 11) is 0. The van der Waals surface area contributed by atoms with Gasteiger partial charge in [0.1, 0.15) is 0 Å². The maximum Gasteiger partial charge on any atom is 0.253 e. The number of carbonyl (C=O) groups is 1. The average Bonchev–Trinajstić information content (AvgIpc) is 2.79. The number of anilines is 2. The summed E-state index contributed by atoms with van der Waals surface area (Å²) < 4.78 is 0. The van der Waals surface area contributed by atoms with E-state index in [4.69, 9.17) is 11.0 Å². The number of nitrogens with one attached hydrogen (secondary N) is 2. The second-order valence-electron chi connectivity index (χ2n) is 7.70. The second kappa shape index (κ2) is 11.6. The molecule has 0 saturated carbocycles. The smallest absolute Gasteiger partial charge is 0.253 e. The number of hydrogen-bond donors (Lipinski definition) is 3. The number of benzene rings is 1. The average molecular weight is 420 g/mol. The predicted molar refractivity (Wildman–Crippen MR) is 122 cm³/mol. The van der Waals surface area contributed by atoms with E-state index in [1.807, 2.05) is 35.4 Å². The lowest BCUT2D eigenvalue weighted by Crippen LogP contribution is -2.38. The second-order valence-corrected chi connectivity index (χ2v) is 7.70. The Balaban J connectivity index is 1.33. The van der Waals surface area contributed by atoms with Gasteiger partial charge >= 0.3 is 0 Å². The molecule has 8 heteroatoms. The number of guanidine groups is 1. The van der Waals surface area contributed by atoms with Crippen LogP contribution in [0.1, 0.15) is 42.5 Å². The van der Waals surface area contributed by atoms with Crippen LogP contribution in [0.2, 0.25) is 0 Å². The van der Waals surface area contributed by atoms with Crippen LogP contribution in [0.3, 0.4) is 0 Å². The maximum absolute atomic E-state index is 12.6. The minimum absolute atomic E-state index is 0.0703. The molecule has 0 unspecified atom stereocenters. The third-order valence-corrected chi connectivity index (χ3v) is 5.47. The number of hydrogen-bond acceptors (Lipinski definition) is 5. The number of unbranched alkanes of at least 4 members (excludes halogenated alkanes) is 1. The molecule has 4 N–H and O–H groups in total. The molecule has 1 aliphatic heterocycles. The van der Waals surface area contributed by atoms with Gasteiger partial charge in [-0.2, -0.15) is 5.26 Å². The van der Waals surface area contributed by atoms with Crippen molar-refractivity contribution in [1.29, 1.82) is 5.26 Å². The van der Waals surface area contributed by atoms with E-state index in [0.717, 1.165) is 57.4 Å². The van der Waals surface area contributed by atoms with Crippen molar-refractivity contribution < 1.29 is 4.79 Å². The van der Waals surface area contributed by atoms with Crippen LogP contribution in [0.25, 0.3) is 0 Å². The molecule has 3 rings (SSSR count). The number of carbonyl (C=O) groups excluding carboxylic acids is 1. The van der Waals surface area contributed by atoms with Gasteiger partial charge in [0.15, 0.2) is 0 Å². The highest BCUT2D eigenvalue weighted by Gasteiger charge is 2.23. The normalized spacial score (nSPS) is 14.7. The Morgan fingerprint density at radius 2 is 2.00 bits per heavy atom. The van der Waals surface area contributed by atoms with Crippen molar-refractivity contribution in [2.75, 3.05) is 30.7 Å². The molecule has 1 aromatic carbocycles. The monoisotopic (exact) mass is 419 g/mol. The molecule has 2 aromatic rings. The summed E-state index contributed by atoms with van der Waals surface area (Å²) >= 11 is 0. The topological polar surface area (TPSA) is 119 Å². The molecule has 162 valence electrons. The minimum atomic E-state index is 0.0703. The number of aliphatic imine (C=N–C) groups is 1. The maximum atomic E-state index is 12.6. The van der Waals surface area contributed by atoms with Gasteiger partial charge in [-0.1, -0.05) is 18.9 Å². The van der Waals surface area contributed by atoms with Crippen LogP contribution in [-0.4, -0.2) is 41.4 Å². The number of pyridine rings is 1. The number of likely N-dealkylation sites (tertiary alicyclic amines) is 1. The first-order chi connectivity index (χ1) is 15.2. The molecule has 1 amide bonds. The quantitative estimate of drug-likeness (QED) is 0.208. The fourth-order valence-corrected chi connectivity index (χ4v) is 3.78. The van der Waals surface area contributed by atoms with Gasteiger partial charge in [0.25, 0.3) is 5.91 Å². The SMILES string of the molecule is N#C/N=C(/NCCCCC1CCN(C(=O)c2cccc(N)c2)CC1)Nc1ccncc1. The highest BCUT2D eigenvalue weighted by atomic mass is 16.2. The zero-order valence-electron chi connectivity index (χ0n) is 17.6. The van der Waals surface area contributed by atoms with Gasteiger partial charge in [-0.15, -0.1) is 4.99 Å². The Bertz CT molecular complexity index is 915. The number of nitrogens with zero attached hydrogens (tertiary/aromatic N) is 4. The molecule has 1 aliphatic rings. The third-order valence-electron chi connectivity index (χ3n) is 5.47. The molecule has 0 atom stereocenters. The van der Waals surface area contributed by atoms with E-state index in [1.54, 1.807) is 24.5 Å². The summed E-state index contributed by atoms with van der Waals surface area (Å²) in [6, 6.07) is 10.8. The van der Waals surface area contributed by atoms with Gasteiger partial charge in [-0.05, 0) is 55.5 Å². The van der Waals surface area contributed by atoms with Gasteiger partial charge in [0.05, 0.1) is 0 Å². The molecule has 31 heavy (non-hydrogen) atoms. The minimum Gasteiger partial charge on any atom is -0.399 e. The Morgan fingerprint density at radius 1 is 1.23 bits per heavy atom. The molecule has 1 saturated heterocycles. The Morgan fingerprint density at radius 3 is 2.71 bits per heavy atom. The van der Waals surface area contributed by atoms with Crippen molar-refractivity contribution in [1.82, 2.24) is 15.2 Å². The summed E-state index contributed by atoms with van der Waals surface area (Å²) in [5.74, 6) is 1.16. The summed E-state index contributed by atoms with van der Waals surface area (Å²) in [5, 5.41) is 15.1. The number of rotatable bonds is 7. The Kier molecular flexibility index (Phi) is 8.23. The lowest BCUT2D eigenvalue weighted by molar-refractivity contribution is 0.0686. The zero-order valence-corrected chi connectivity index (χ0v) is 17.6. The third kappa shape index (κ3) is 7.00. The van der Waals surface area contributed by atoms with E-state index >= 15 is 0 Å². The van der Waals surface area contributed by atoms with Gasteiger partial charge in [0.2, 0.25) is 12.2 Å². The molecule has 0 bridgehead atoms. The van der Waals surface area contributed by atoms with Crippen LogP contribution in [0.15, 0.2) is 53.8 Å². The predicted octanol–water partition coefficient (Wildman–Crippen LogP) is 3.23. The number of nitrogen functional groups attached to an aromatic ring is 1. The molecule has 0 spiro atoms. The van der Waals surface area contributed by atoms with Crippen LogP contribution >= 0.6 is 0 Å². The number of piperidine rings is 1. The van der Waals surface area contributed by atoms with Gasteiger partial charge in [-0.3, -0.25) is 9.78 Å². The van der Waals surface area contributed by atoms with Gasteiger partial charge in [-0.25, -0.2) is 0 Å². The van der Waals surface area contributed by atoms with Crippen molar-refractivity contribution in [2.45, 2.75) is 32.1 Å². The first-order valence-electron chi connectivity index (χ1n) is 10.7. The number of amides is 1. The molecular weight excluding hydrogens is 390 g/mol. The zero-order chi connectivity index (χ0) is 21.9. The van der Waals surface area contributed by atoms with Crippen molar-refractivity contribution in [3.8, 4) is 6.19 Å². The molecule has 0 aliphatic carbocycles. The van der Waals surface area contributed by atoms with Crippen molar-refractivity contribution >= 4 is 23.2 Å². The van der Waals surface area contributed by atoms with Gasteiger partial charge in [0, 0.05) is 49.0 Å².